The molecule has 3 heterocycles. The minimum absolute atomic E-state index is 0.275. The van der Waals surface area contributed by atoms with Crippen LogP contribution in [0.1, 0.15) is 10.5 Å². The summed E-state index contributed by atoms with van der Waals surface area (Å²) in [5.41, 5.74) is 0.363. The van der Waals surface area contributed by atoms with E-state index in [1.54, 1.807) is 30.2 Å². The summed E-state index contributed by atoms with van der Waals surface area (Å²) in [6, 6.07) is 7.54. The van der Waals surface area contributed by atoms with Crippen molar-refractivity contribution in [2.45, 2.75) is 0 Å². The zero-order chi connectivity index (χ0) is 16.2. The van der Waals surface area contributed by atoms with E-state index in [1.165, 1.54) is 0 Å². The van der Waals surface area contributed by atoms with Crippen LogP contribution in [0, 0.1) is 0 Å². The molecule has 0 unspecified atom stereocenters. The average molecular weight is 330 g/mol. The van der Waals surface area contributed by atoms with Crippen LogP contribution in [-0.2, 0) is 7.05 Å². The number of nitrogens with one attached hydrogen (secondary N) is 1. The number of carbonyl (C=O) groups excluding carboxylic acids is 1. The zero-order valence-electron chi connectivity index (χ0n) is 12.8. The number of hydrogen-bond donors (Lipinski definition) is 1. The summed E-state index contributed by atoms with van der Waals surface area (Å²) < 4.78 is 1.59. The number of hydrogen-bond acceptors (Lipinski definition) is 5. The van der Waals surface area contributed by atoms with Gasteiger partial charge in [-0.25, -0.2) is 4.98 Å². The molecule has 0 aliphatic carbocycles. The van der Waals surface area contributed by atoms with Crippen molar-refractivity contribution in [1.29, 1.82) is 0 Å². The predicted octanol–water partition coefficient (Wildman–Crippen LogP) is 0.652. The van der Waals surface area contributed by atoms with E-state index in [0.29, 0.717) is 10.8 Å². The number of thiocarbonyl (C=S) groups is 1. The van der Waals surface area contributed by atoms with Crippen molar-refractivity contribution in [3.63, 3.8) is 0 Å². The van der Waals surface area contributed by atoms with Gasteiger partial charge in [0.2, 0.25) is 0 Å². The van der Waals surface area contributed by atoms with Crippen LogP contribution in [0.2, 0.25) is 0 Å². The third-order valence-electron chi connectivity index (χ3n) is 3.71. The summed E-state index contributed by atoms with van der Waals surface area (Å²) in [6.45, 7) is 3.13. The maximum Gasteiger partial charge on any atom is 0.277 e. The first-order valence-electron chi connectivity index (χ1n) is 7.39. The highest BCUT2D eigenvalue weighted by Crippen LogP contribution is 2.12. The summed E-state index contributed by atoms with van der Waals surface area (Å²) in [4.78, 5) is 20.6. The van der Waals surface area contributed by atoms with E-state index in [2.05, 4.69) is 20.3 Å². The molecule has 0 saturated carbocycles. The molecule has 1 N–H and O–H groups in total. The molecule has 1 aliphatic rings. The molecule has 23 heavy (non-hydrogen) atoms. The van der Waals surface area contributed by atoms with Gasteiger partial charge in [0.25, 0.3) is 5.91 Å². The number of aryl methyl sites for hydroxylation is 1. The fourth-order valence-electron chi connectivity index (χ4n) is 2.46. The van der Waals surface area contributed by atoms with Gasteiger partial charge in [-0.1, -0.05) is 6.07 Å². The second-order valence-corrected chi connectivity index (χ2v) is 5.68. The Morgan fingerprint density at radius 3 is 2.61 bits per heavy atom. The van der Waals surface area contributed by atoms with E-state index in [1.807, 2.05) is 23.1 Å². The molecular formula is C15H18N6OS. The monoisotopic (exact) mass is 330 g/mol. The smallest absolute Gasteiger partial charge is 0.277 e. The van der Waals surface area contributed by atoms with Crippen molar-refractivity contribution in [2.75, 3.05) is 31.1 Å². The maximum absolute atomic E-state index is 12.1. The molecule has 8 heteroatoms. The SMILES string of the molecule is Cn1ccc(C(=O)NC(=S)N2CCN(c3ccccn3)CC2)n1. The third kappa shape index (κ3) is 3.65. The maximum atomic E-state index is 12.1. The molecule has 120 valence electrons. The normalized spacial score (nSPS) is 14.7. The van der Waals surface area contributed by atoms with Crippen LogP contribution in [-0.4, -0.2) is 56.9 Å². The predicted molar refractivity (Wildman–Crippen MR) is 91.3 cm³/mol. The molecule has 1 saturated heterocycles. The Bertz CT molecular complexity index is 693. The number of rotatable bonds is 2. The Balaban J connectivity index is 1.53. The Morgan fingerprint density at radius 2 is 2.00 bits per heavy atom. The molecule has 0 radical (unpaired) electrons. The van der Waals surface area contributed by atoms with Crippen molar-refractivity contribution in [1.82, 2.24) is 25.0 Å². The number of aromatic nitrogens is 3. The van der Waals surface area contributed by atoms with Gasteiger partial charge in [0.1, 0.15) is 5.82 Å². The molecule has 2 aromatic rings. The number of anilines is 1. The molecule has 0 atom stereocenters. The number of carbonyl (C=O) groups is 1. The van der Waals surface area contributed by atoms with Crippen LogP contribution in [0.25, 0.3) is 0 Å². The van der Waals surface area contributed by atoms with Crippen LogP contribution in [0.4, 0.5) is 5.82 Å². The summed E-state index contributed by atoms with van der Waals surface area (Å²) in [6.07, 6.45) is 3.52. The number of pyridine rings is 1. The van der Waals surface area contributed by atoms with Gasteiger partial charge in [-0.2, -0.15) is 5.10 Å². The molecule has 3 rings (SSSR count). The van der Waals surface area contributed by atoms with E-state index >= 15 is 0 Å². The van der Waals surface area contributed by atoms with Gasteiger partial charge in [-0.05, 0) is 30.4 Å². The quantitative estimate of drug-likeness (QED) is 0.816. The Labute approximate surface area is 139 Å². The fraction of sp³-hybridized carbons (Fsp3) is 0.333. The summed E-state index contributed by atoms with van der Waals surface area (Å²) >= 11 is 5.34. The molecule has 1 fully saturated rings. The first-order valence-corrected chi connectivity index (χ1v) is 7.80. The first-order chi connectivity index (χ1) is 11.1. The zero-order valence-corrected chi connectivity index (χ0v) is 13.7. The second-order valence-electron chi connectivity index (χ2n) is 5.30. The molecule has 0 spiro atoms. The van der Waals surface area contributed by atoms with Crippen LogP contribution in [0.3, 0.4) is 0 Å². The largest absolute Gasteiger partial charge is 0.353 e. The first kappa shape index (κ1) is 15.4. The van der Waals surface area contributed by atoms with E-state index in [-0.39, 0.29) is 5.91 Å². The van der Waals surface area contributed by atoms with Crippen molar-refractivity contribution in [3.05, 3.63) is 42.4 Å². The van der Waals surface area contributed by atoms with Crippen LogP contribution in [0.15, 0.2) is 36.7 Å². The summed E-state index contributed by atoms with van der Waals surface area (Å²) in [5.74, 6) is 0.693. The van der Waals surface area contributed by atoms with Gasteiger partial charge >= 0.3 is 0 Å². The Morgan fingerprint density at radius 1 is 1.22 bits per heavy atom. The van der Waals surface area contributed by atoms with Crippen molar-refractivity contribution in [3.8, 4) is 0 Å². The highest BCUT2D eigenvalue weighted by atomic mass is 32.1. The Kier molecular flexibility index (Phi) is 4.52. The van der Waals surface area contributed by atoms with Gasteiger partial charge in [-0.15, -0.1) is 0 Å². The van der Waals surface area contributed by atoms with E-state index in [0.717, 1.165) is 32.0 Å². The van der Waals surface area contributed by atoms with Gasteiger partial charge in [-0.3, -0.25) is 14.8 Å². The molecule has 1 aliphatic heterocycles. The lowest BCUT2D eigenvalue weighted by Crippen LogP contribution is -2.52. The van der Waals surface area contributed by atoms with Gasteiger partial charge in [0.05, 0.1) is 0 Å². The van der Waals surface area contributed by atoms with Crippen LogP contribution < -0.4 is 10.2 Å². The van der Waals surface area contributed by atoms with Crippen LogP contribution >= 0.6 is 12.2 Å². The number of piperazine rings is 1. The van der Waals surface area contributed by atoms with Gasteiger partial charge < -0.3 is 9.80 Å². The van der Waals surface area contributed by atoms with E-state index in [9.17, 15) is 4.79 Å². The summed E-state index contributed by atoms with van der Waals surface area (Å²) in [5, 5.41) is 7.26. The fourth-order valence-corrected chi connectivity index (χ4v) is 2.73. The standard InChI is InChI=1S/C15H18N6OS/c1-19-7-5-12(18-19)14(22)17-15(23)21-10-8-20(9-11-21)13-4-2-3-6-16-13/h2-7H,8-11H2,1H3,(H,17,22,23). The highest BCUT2D eigenvalue weighted by molar-refractivity contribution is 7.80. The van der Waals surface area contributed by atoms with Gasteiger partial charge in [0, 0.05) is 45.6 Å². The Hall–Kier alpha value is -2.48. The third-order valence-corrected chi connectivity index (χ3v) is 4.07. The summed E-state index contributed by atoms with van der Waals surface area (Å²) in [7, 11) is 1.77. The molecule has 2 aromatic heterocycles. The van der Waals surface area contributed by atoms with Gasteiger partial charge in [0.15, 0.2) is 10.8 Å². The number of amides is 1. The molecule has 7 nitrogen and oxygen atoms in total. The molecule has 1 amide bonds. The van der Waals surface area contributed by atoms with E-state index in [4.69, 9.17) is 12.2 Å². The minimum Gasteiger partial charge on any atom is -0.353 e. The highest BCUT2D eigenvalue weighted by Gasteiger charge is 2.21. The molecular weight excluding hydrogens is 312 g/mol. The second kappa shape index (κ2) is 6.74. The average Bonchev–Trinajstić information content (AvgIpc) is 3.02. The van der Waals surface area contributed by atoms with Crippen molar-refractivity contribution >= 4 is 29.1 Å². The van der Waals surface area contributed by atoms with Crippen molar-refractivity contribution < 1.29 is 4.79 Å². The van der Waals surface area contributed by atoms with E-state index < -0.39 is 0 Å². The number of nitrogens with zero attached hydrogens (tertiary/aromatic N) is 5. The lowest BCUT2D eigenvalue weighted by Gasteiger charge is -2.36. The lowest BCUT2D eigenvalue weighted by molar-refractivity contribution is 0.0967. The minimum atomic E-state index is -0.275. The van der Waals surface area contributed by atoms with Crippen molar-refractivity contribution in [2.24, 2.45) is 7.05 Å². The topological polar surface area (TPSA) is 66.3 Å². The lowest BCUT2D eigenvalue weighted by atomic mass is 10.3. The van der Waals surface area contributed by atoms with Crippen LogP contribution in [0.5, 0.6) is 0 Å². The molecule has 0 bridgehead atoms. The molecule has 0 aromatic carbocycles.